The van der Waals surface area contributed by atoms with Crippen LogP contribution >= 0.6 is 35.8 Å². The molecule has 0 bridgehead atoms. The number of hydrogen-bond donors (Lipinski definition) is 0. The van der Waals surface area contributed by atoms with Crippen molar-refractivity contribution in [2.45, 2.75) is 22.2 Å². The Labute approximate surface area is 165 Å². The molecular weight excluding hydrogens is 487 g/mol. The molecule has 0 aromatic heterocycles. The van der Waals surface area contributed by atoms with E-state index in [-0.39, 0.29) is 0 Å². The van der Waals surface area contributed by atoms with E-state index in [2.05, 4.69) is 127 Å². The zero-order chi connectivity index (χ0) is 17.0. The zero-order valence-electron chi connectivity index (χ0n) is 13.7. The first-order chi connectivity index (χ1) is 12.3. The normalized spacial score (nSPS) is 22.3. The Balaban J connectivity index is 1.61. The summed E-state index contributed by atoms with van der Waals surface area (Å²) in [7, 11) is 9.06. The van der Waals surface area contributed by atoms with Gasteiger partial charge in [-0.05, 0) is 0 Å². The van der Waals surface area contributed by atoms with E-state index < -0.39 is 12.8 Å². The molecule has 0 aromatic rings. The fourth-order valence-corrected chi connectivity index (χ4v) is 57.0. The van der Waals surface area contributed by atoms with Crippen LogP contribution < -0.4 is 0 Å². The van der Waals surface area contributed by atoms with Crippen molar-refractivity contribution in [1.82, 2.24) is 0 Å². The fraction of sp³-hybridized carbons (Fsp3) is 0.200. The van der Waals surface area contributed by atoms with Crippen LogP contribution in [0.1, 0.15) is 6.42 Å². The minimum atomic E-state index is -2.74. The molecule has 0 saturated heterocycles. The Bertz CT molecular complexity index is 629. The molecule has 0 spiro atoms. The zero-order valence-corrected chi connectivity index (χ0v) is 19.9. The van der Waals surface area contributed by atoms with Gasteiger partial charge in [-0.3, -0.25) is 0 Å². The summed E-state index contributed by atoms with van der Waals surface area (Å²) < 4.78 is 0. The van der Waals surface area contributed by atoms with E-state index in [1.807, 2.05) is 0 Å². The van der Waals surface area contributed by atoms with Crippen LogP contribution in [0, 0.1) is 0 Å². The summed E-state index contributed by atoms with van der Waals surface area (Å²) in [6, 6.07) is 0. The molecule has 128 valence electrons. The molecule has 0 N–H and O–H groups in total. The molecule has 0 aromatic carbocycles. The summed E-state index contributed by atoms with van der Waals surface area (Å²) in [4.78, 5) is 1.49. The van der Waals surface area contributed by atoms with Gasteiger partial charge in [0, 0.05) is 0 Å². The van der Waals surface area contributed by atoms with Crippen LogP contribution in [0.25, 0.3) is 0 Å². The fourth-order valence-electron chi connectivity index (χ4n) is 2.78. The first-order valence-corrected chi connectivity index (χ1v) is 25.9. The molecule has 0 atom stereocenters. The SMILES string of the molecule is C1=CC([S][Sn]([S]C2=CCC=C2)([S]C2C=CC=C2)[S]C2C=CC=C2)C=C1. The van der Waals surface area contributed by atoms with Gasteiger partial charge in [-0.15, -0.1) is 0 Å². The van der Waals surface area contributed by atoms with Gasteiger partial charge >= 0.3 is 167 Å². The molecule has 0 nitrogen and oxygen atoms in total. The Morgan fingerprint density at radius 3 is 1.48 bits per heavy atom. The summed E-state index contributed by atoms with van der Waals surface area (Å²) in [6.45, 7) is 0. The average molecular weight is 507 g/mol. The van der Waals surface area contributed by atoms with Crippen LogP contribution in [-0.2, 0) is 0 Å². The van der Waals surface area contributed by atoms with Crippen LogP contribution in [0.2, 0.25) is 0 Å². The monoisotopic (exact) mass is 508 g/mol. The third kappa shape index (κ3) is 5.10. The van der Waals surface area contributed by atoms with E-state index in [4.69, 9.17) is 0 Å². The quantitative estimate of drug-likeness (QED) is 0.336. The molecule has 5 heteroatoms. The van der Waals surface area contributed by atoms with Gasteiger partial charge in [0.15, 0.2) is 0 Å². The molecule has 0 amide bonds. The first kappa shape index (κ1) is 18.5. The second-order valence-electron chi connectivity index (χ2n) is 5.90. The van der Waals surface area contributed by atoms with Gasteiger partial charge in [-0.1, -0.05) is 0 Å². The standard InChI is InChI=1S/4C5H6S.Sn/c4*6-5-3-1-2-4-5;/h1,3-4,6H,2H2;3*1-6H;/q;;;;+4/p-4. The van der Waals surface area contributed by atoms with E-state index in [0.29, 0.717) is 15.7 Å². The predicted molar refractivity (Wildman–Crippen MR) is 124 cm³/mol. The maximum atomic E-state index is 2.40. The van der Waals surface area contributed by atoms with Gasteiger partial charge in [-0.25, -0.2) is 0 Å². The molecule has 25 heavy (non-hydrogen) atoms. The van der Waals surface area contributed by atoms with Crippen molar-refractivity contribution in [3.8, 4) is 0 Å². The van der Waals surface area contributed by atoms with Gasteiger partial charge in [0.2, 0.25) is 0 Å². The van der Waals surface area contributed by atoms with E-state index in [1.54, 1.807) is 0 Å². The molecule has 0 fully saturated rings. The molecule has 4 aliphatic rings. The molecule has 4 aliphatic carbocycles. The first-order valence-electron chi connectivity index (χ1n) is 8.45. The Hall–Kier alpha value is 0.119. The average Bonchev–Trinajstić information content (AvgIpc) is 3.37. The van der Waals surface area contributed by atoms with E-state index in [9.17, 15) is 0 Å². The molecule has 0 saturated carbocycles. The Morgan fingerprint density at radius 2 is 1.12 bits per heavy atom. The number of allylic oxidation sites excluding steroid dienone is 9. The second kappa shape index (κ2) is 8.87. The van der Waals surface area contributed by atoms with Gasteiger partial charge in [0.05, 0.1) is 0 Å². The van der Waals surface area contributed by atoms with Crippen LogP contribution in [0.5, 0.6) is 0 Å². The minimum absolute atomic E-state index is 0.540. The number of rotatable bonds is 8. The van der Waals surface area contributed by atoms with Crippen molar-refractivity contribution in [2.24, 2.45) is 0 Å². The summed E-state index contributed by atoms with van der Waals surface area (Å²) in [5, 5.41) is 1.62. The van der Waals surface area contributed by atoms with E-state index in [1.165, 1.54) is 4.91 Å². The maximum absolute atomic E-state index is 2.74. The van der Waals surface area contributed by atoms with Crippen molar-refractivity contribution >= 4 is 48.6 Å². The topological polar surface area (TPSA) is 0 Å². The van der Waals surface area contributed by atoms with Crippen molar-refractivity contribution in [3.63, 3.8) is 0 Å². The molecule has 0 radical (unpaired) electrons. The Morgan fingerprint density at radius 1 is 0.680 bits per heavy atom. The van der Waals surface area contributed by atoms with E-state index in [0.717, 1.165) is 6.42 Å². The molecule has 4 rings (SSSR count). The van der Waals surface area contributed by atoms with Gasteiger partial charge < -0.3 is 0 Å². The molecule has 0 heterocycles. The van der Waals surface area contributed by atoms with Gasteiger partial charge in [-0.2, -0.15) is 0 Å². The molecular formula is C20H20S4Sn. The van der Waals surface area contributed by atoms with Crippen molar-refractivity contribution in [3.05, 3.63) is 96.0 Å². The summed E-state index contributed by atoms with van der Waals surface area (Å²) in [6.07, 6.45) is 35.5. The molecule has 0 aliphatic heterocycles. The van der Waals surface area contributed by atoms with Crippen molar-refractivity contribution in [1.29, 1.82) is 0 Å². The summed E-state index contributed by atoms with van der Waals surface area (Å²) >= 11 is -2.74. The molecule has 0 unspecified atom stereocenters. The Kier molecular flexibility index (Phi) is 6.56. The van der Waals surface area contributed by atoms with Crippen LogP contribution in [-0.4, -0.2) is 28.6 Å². The van der Waals surface area contributed by atoms with Crippen molar-refractivity contribution < 1.29 is 0 Å². The van der Waals surface area contributed by atoms with Crippen LogP contribution in [0.4, 0.5) is 0 Å². The van der Waals surface area contributed by atoms with Crippen LogP contribution in [0.3, 0.4) is 0 Å². The van der Waals surface area contributed by atoms with Gasteiger partial charge in [0.1, 0.15) is 0 Å². The third-order valence-electron chi connectivity index (χ3n) is 3.96. The van der Waals surface area contributed by atoms with Crippen molar-refractivity contribution in [2.75, 3.05) is 0 Å². The number of hydrogen-bond acceptors (Lipinski definition) is 4. The van der Waals surface area contributed by atoms with Crippen LogP contribution in [0.15, 0.2) is 96.0 Å². The van der Waals surface area contributed by atoms with Gasteiger partial charge in [0.25, 0.3) is 0 Å². The summed E-state index contributed by atoms with van der Waals surface area (Å²) in [5.41, 5.74) is 0. The summed E-state index contributed by atoms with van der Waals surface area (Å²) in [5.74, 6) is 0. The second-order valence-corrected chi connectivity index (χ2v) is 46.4. The predicted octanol–water partition coefficient (Wildman–Crippen LogP) is 6.68. The van der Waals surface area contributed by atoms with E-state index >= 15 is 0 Å². The third-order valence-corrected chi connectivity index (χ3v) is 48.4.